The zero-order chi connectivity index (χ0) is 18.9. The maximum absolute atomic E-state index is 12.1. The Labute approximate surface area is 166 Å². The molecule has 0 fully saturated rings. The molecule has 0 saturated carbocycles. The Balaban J connectivity index is 1.35. The minimum Gasteiger partial charge on any atom is -0.467 e. The van der Waals surface area contributed by atoms with E-state index in [0.717, 1.165) is 22.9 Å². The van der Waals surface area contributed by atoms with Gasteiger partial charge in [-0.25, -0.2) is 0 Å². The Hall–Kier alpha value is -2.32. The highest BCUT2D eigenvalue weighted by molar-refractivity contribution is 8.01. The summed E-state index contributed by atoms with van der Waals surface area (Å²) >= 11 is 2.83. The molecule has 0 saturated heterocycles. The Morgan fingerprint density at radius 2 is 2.07 bits per heavy atom. The van der Waals surface area contributed by atoms with Crippen molar-refractivity contribution in [1.29, 1.82) is 0 Å². The third kappa shape index (κ3) is 6.73. The first kappa shape index (κ1) is 19.4. The van der Waals surface area contributed by atoms with Crippen molar-refractivity contribution in [1.82, 2.24) is 15.5 Å². The van der Waals surface area contributed by atoms with Crippen LogP contribution in [0.15, 0.2) is 57.5 Å². The van der Waals surface area contributed by atoms with Crippen molar-refractivity contribution in [3.8, 4) is 0 Å². The number of aryl methyl sites for hydroxylation is 1. The molecule has 2 heterocycles. The van der Waals surface area contributed by atoms with Crippen LogP contribution in [0.3, 0.4) is 0 Å². The largest absolute Gasteiger partial charge is 0.467 e. The van der Waals surface area contributed by atoms with E-state index in [9.17, 15) is 4.79 Å². The molecule has 0 aliphatic rings. The first-order valence-electron chi connectivity index (χ1n) is 8.75. The summed E-state index contributed by atoms with van der Waals surface area (Å²) in [6.07, 6.45) is 3.51. The van der Waals surface area contributed by atoms with Crippen molar-refractivity contribution in [2.24, 2.45) is 0 Å². The van der Waals surface area contributed by atoms with E-state index in [1.54, 1.807) is 6.26 Å². The van der Waals surface area contributed by atoms with E-state index in [1.165, 1.54) is 28.7 Å². The molecule has 3 rings (SSSR count). The number of carbonyl (C=O) groups is 1. The molecule has 8 heteroatoms. The lowest BCUT2D eigenvalue weighted by Crippen LogP contribution is -2.34. The van der Waals surface area contributed by atoms with Gasteiger partial charge in [0.05, 0.1) is 18.6 Å². The molecule has 2 N–H and O–H groups in total. The van der Waals surface area contributed by atoms with Gasteiger partial charge in [-0.15, -0.1) is 10.2 Å². The quantitative estimate of drug-likeness (QED) is 0.500. The van der Waals surface area contributed by atoms with E-state index in [1.807, 2.05) is 37.3 Å². The third-order valence-corrected chi connectivity index (χ3v) is 5.86. The van der Waals surface area contributed by atoms with Gasteiger partial charge in [0.25, 0.3) is 0 Å². The Morgan fingerprint density at radius 1 is 1.22 bits per heavy atom. The lowest BCUT2D eigenvalue weighted by molar-refractivity contribution is -0.119. The zero-order valence-electron chi connectivity index (χ0n) is 15.1. The number of amides is 1. The van der Waals surface area contributed by atoms with E-state index in [4.69, 9.17) is 4.42 Å². The number of hydrogen-bond acceptors (Lipinski definition) is 7. The molecule has 0 aliphatic carbocycles. The van der Waals surface area contributed by atoms with Crippen molar-refractivity contribution >= 4 is 34.1 Å². The molecule has 6 nitrogen and oxygen atoms in total. The predicted molar refractivity (Wildman–Crippen MR) is 109 cm³/mol. The number of thioether (sulfide) groups is 1. The normalized spacial score (nSPS) is 11.9. The van der Waals surface area contributed by atoms with Gasteiger partial charge in [-0.1, -0.05) is 53.4 Å². The molecule has 1 amide bonds. The van der Waals surface area contributed by atoms with Crippen LogP contribution >= 0.6 is 23.1 Å². The molecular formula is C19H22N4O2S2. The molecule has 1 atom stereocenters. The SMILES string of the molecule is C[C@H](CCc1ccccc1)NC(=O)CSc1nnc(NCc2ccco2)s1. The number of benzene rings is 1. The molecular weight excluding hydrogens is 380 g/mol. The Bertz CT molecular complexity index is 821. The van der Waals surface area contributed by atoms with Gasteiger partial charge in [-0.2, -0.15) is 0 Å². The highest BCUT2D eigenvalue weighted by Crippen LogP contribution is 2.25. The average molecular weight is 403 g/mol. The lowest BCUT2D eigenvalue weighted by Gasteiger charge is -2.13. The zero-order valence-corrected chi connectivity index (χ0v) is 16.7. The van der Waals surface area contributed by atoms with E-state index in [2.05, 4.69) is 33.0 Å². The van der Waals surface area contributed by atoms with Crippen LogP contribution in [0, 0.1) is 0 Å². The van der Waals surface area contributed by atoms with Crippen molar-refractivity contribution in [3.63, 3.8) is 0 Å². The lowest BCUT2D eigenvalue weighted by atomic mass is 10.1. The second-order valence-corrected chi connectivity index (χ2v) is 8.29. The second kappa shape index (κ2) is 10.1. The monoisotopic (exact) mass is 402 g/mol. The number of nitrogens with zero attached hydrogens (tertiary/aromatic N) is 2. The highest BCUT2D eigenvalue weighted by atomic mass is 32.2. The van der Waals surface area contributed by atoms with Gasteiger partial charge in [0.15, 0.2) is 4.34 Å². The standard InChI is InChI=1S/C19H22N4O2S2/c1-14(9-10-15-6-3-2-4-7-15)21-17(24)13-26-19-23-22-18(27-19)20-12-16-8-5-11-25-16/h2-8,11,14H,9-10,12-13H2,1H3,(H,20,22)(H,21,24)/t14-/m1/s1. The summed E-state index contributed by atoms with van der Waals surface area (Å²) in [6, 6.07) is 14.2. The van der Waals surface area contributed by atoms with Crippen molar-refractivity contribution in [2.75, 3.05) is 11.1 Å². The first-order valence-corrected chi connectivity index (χ1v) is 10.5. The summed E-state index contributed by atoms with van der Waals surface area (Å²) < 4.78 is 6.03. The first-order chi connectivity index (χ1) is 13.2. The van der Waals surface area contributed by atoms with Crippen LogP contribution in [0.2, 0.25) is 0 Å². The second-order valence-electron chi connectivity index (χ2n) is 6.09. The van der Waals surface area contributed by atoms with E-state index < -0.39 is 0 Å². The fourth-order valence-corrected chi connectivity index (χ4v) is 4.02. The van der Waals surface area contributed by atoms with Crippen LogP contribution in [0.5, 0.6) is 0 Å². The molecule has 3 aromatic rings. The van der Waals surface area contributed by atoms with Crippen LogP contribution in [0.25, 0.3) is 0 Å². The highest BCUT2D eigenvalue weighted by Gasteiger charge is 2.11. The van der Waals surface area contributed by atoms with Crippen LogP contribution < -0.4 is 10.6 Å². The van der Waals surface area contributed by atoms with Crippen LogP contribution in [-0.2, 0) is 17.8 Å². The fourth-order valence-electron chi connectivity index (χ4n) is 2.46. The molecule has 0 aliphatic heterocycles. The average Bonchev–Trinajstić information content (AvgIpc) is 3.36. The molecule has 0 spiro atoms. The van der Waals surface area contributed by atoms with Gasteiger partial charge >= 0.3 is 0 Å². The number of hydrogen-bond donors (Lipinski definition) is 2. The number of furan rings is 1. The minimum absolute atomic E-state index is 0.0147. The van der Waals surface area contributed by atoms with Gasteiger partial charge in [-0.3, -0.25) is 4.79 Å². The summed E-state index contributed by atoms with van der Waals surface area (Å²) in [5, 5.41) is 15.1. The smallest absolute Gasteiger partial charge is 0.230 e. The maximum Gasteiger partial charge on any atom is 0.230 e. The summed E-state index contributed by atoms with van der Waals surface area (Å²) in [5.74, 6) is 1.19. The summed E-state index contributed by atoms with van der Waals surface area (Å²) in [7, 11) is 0. The number of aromatic nitrogens is 2. The number of nitrogens with one attached hydrogen (secondary N) is 2. The molecule has 27 heavy (non-hydrogen) atoms. The molecule has 0 bridgehead atoms. The van der Waals surface area contributed by atoms with Gasteiger partial charge in [0.1, 0.15) is 5.76 Å². The minimum atomic E-state index is 0.0147. The van der Waals surface area contributed by atoms with Gasteiger partial charge in [0, 0.05) is 6.04 Å². The molecule has 2 aromatic heterocycles. The number of carbonyl (C=O) groups excluding carboxylic acids is 1. The van der Waals surface area contributed by atoms with Crippen molar-refractivity contribution < 1.29 is 9.21 Å². The number of anilines is 1. The van der Waals surface area contributed by atoms with Crippen LogP contribution in [0.4, 0.5) is 5.13 Å². The maximum atomic E-state index is 12.1. The summed E-state index contributed by atoms with van der Waals surface area (Å²) in [6.45, 7) is 2.60. The van der Waals surface area contributed by atoms with Gasteiger partial charge in [0.2, 0.25) is 11.0 Å². The van der Waals surface area contributed by atoms with E-state index in [-0.39, 0.29) is 11.9 Å². The summed E-state index contributed by atoms with van der Waals surface area (Å²) in [5.41, 5.74) is 1.29. The van der Waals surface area contributed by atoms with Crippen LogP contribution in [-0.4, -0.2) is 27.9 Å². The Kier molecular flexibility index (Phi) is 7.29. The van der Waals surface area contributed by atoms with E-state index >= 15 is 0 Å². The van der Waals surface area contributed by atoms with E-state index in [0.29, 0.717) is 17.4 Å². The fraction of sp³-hybridized carbons (Fsp3) is 0.316. The topological polar surface area (TPSA) is 80.0 Å². The third-order valence-electron chi connectivity index (χ3n) is 3.84. The van der Waals surface area contributed by atoms with Crippen molar-refractivity contribution in [3.05, 3.63) is 60.1 Å². The molecule has 142 valence electrons. The van der Waals surface area contributed by atoms with Gasteiger partial charge in [-0.05, 0) is 37.5 Å². The number of rotatable bonds is 10. The van der Waals surface area contributed by atoms with Crippen molar-refractivity contribution in [2.45, 2.75) is 36.7 Å². The Morgan fingerprint density at radius 3 is 2.85 bits per heavy atom. The van der Waals surface area contributed by atoms with Gasteiger partial charge < -0.3 is 15.1 Å². The predicted octanol–water partition coefficient (Wildman–Crippen LogP) is 3.97. The molecule has 1 aromatic carbocycles. The summed E-state index contributed by atoms with van der Waals surface area (Å²) in [4.78, 5) is 12.1. The molecule has 0 unspecified atom stereocenters. The van der Waals surface area contributed by atoms with Crippen LogP contribution in [0.1, 0.15) is 24.7 Å². The molecule has 0 radical (unpaired) electrons.